The van der Waals surface area contributed by atoms with E-state index in [0.717, 1.165) is 0 Å². The van der Waals surface area contributed by atoms with E-state index in [2.05, 4.69) is 0 Å². The third-order valence-electron chi connectivity index (χ3n) is 2.24. The summed E-state index contributed by atoms with van der Waals surface area (Å²) < 4.78 is 29.8. The van der Waals surface area contributed by atoms with Gasteiger partial charge in [-0.3, -0.25) is 0 Å². The van der Waals surface area contributed by atoms with Crippen LogP contribution < -0.4 is 5.73 Å². The highest BCUT2D eigenvalue weighted by Gasteiger charge is 2.55. The smallest absolute Gasteiger partial charge is 0.252 e. The average molecular weight is 173 g/mol. The summed E-state index contributed by atoms with van der Waals surface area (Å²) in [6.07, 6.45) is 2.31. The van der Waals surface area contributed by atoms with Crippen molar-refractivity contribution in [2.75, 3.05) is 0 Å². The molecule has 0 unspecified atom stereocenters. The van der Waals surface area contributed by atoms with Crippen molar-refractivity contribution < 1.29 is 13.2 Å². The highest BCUT2D eigenvalue weighted by molar-refractivity contribution is 5.24. The van der Waals surface area contributed by atoms with Crippen molar-refractivity contribution in [2.24, 2.45) is 5.73 Å². The molecule has 0 atom stereocenters. The second kappa shape index (κ2) is 2.07. The zero-order chi connectivity index (χ0) is 8.82. The Morgan fingerprint density at radius 3 is 2.50 bits per heavy atom. The molecule has 1 aliphatic rings. The molecule has 2 rings (SSSR count). The van der Waals surface area contributed by atoms with Gasteiger partial charge in [0.05, 0.1) is 18.1 Å². The van der Waals surface area contributed by atoms with E-state index < -0.39 is 11.5 Å². The van der Waals surface area contributed by atoms with Crippen molar-refractivity contribution >= 4 is 0 Å². The van der Waals surface area contributed by atoms with Gasteiger partial charge in [-0.15, -0.1) is 0 Å². The van der Waals surface area contributed by atoms with Crippen LogP contribution in [0.4, 0.5) is 8.78 Å². The van der Waals surface area contributed by atoms with E-state index in [9.17, 15) is 8.78 Å². The Hall–Kier alpha value is -0.900. The number of furan rings is 1. The molecule has 1 saturated carbocycles. The zero-order valence-corrected chi connectivity index (χ0v) is 6.39. The second-order valence-electron chi connectivity index (χ2n) is 3.38. The molecular weight excluding hydrogens is 164 g/mol. The molecule has 0 amide bonds. The molecule has 0 spiro atoms. The van der Waals surface area contributed by atoms with E-state index >= 15 is 0 Å². The third kappa shape index (κ3) is 1.03. The van der Waals surface area contributed by atoms with Crippen molar-refractivity contribution in [3.63, 3.8) is 0 Å². The molecule has 12 heavy (non-hydrogen) atoms. The normalized spacial score (nSPS) is 24.9. The Morgan fingerprint density at radius 1 is 1.42 bits per heavy atom. The molecular formula is C8H9F2NO. The highest BCUT2D eigenvalue weighted by atomic mass is 19.3. The molecule has 4 heteroatoms. The molecule has 1 aliphatic carbocycles. The van der Waals surface area contributed by atoms with Gasteiger partial charge in [0, 0.05) is 18.4 Å². The molecule has 2 N–H and O–H groups in total. The van der Waals surface area contributed by atoms with Gasteiger partial charge in [0.2, 0.25) is 0 Å². The third-order valence-corrected chi connectivity index (χ3v) is 2.24. The van der Waals surface area contributed by atoms with Gasteiger partial charge in [0.1, 0.15) is 0 Å². The molecule has 0 bridgehead atoms. The van der Waals surface area contributed by atoms with E-state index in [1.165, 1.54) is 12.5 Å². The summed E-state index contributed by atoms with van der Waals surface area (Å²) in [6, 6.07) is 1.63. The van der Waals surface area contributed by atoms with Gasteiger partial charge in [-0.05, 0) is 6.07 Å². The van der Waals surface area contributed by atoms with Gasteiger partial charge >= 0.3 is 0 Å². The Bertz CT molecular complexity index is 273. The number of hydrogen-bond acceptors (Lipinski definition) is 2. The fourth-order valence-electron chi connectivity index (χ4n) is 1.62. The van der Waals surface area contributed by atoms with Crippen LogP contribution in [0.15, 0.2) is 23.0 Å². The van der Waals surface area contributed by atoms with Gasteiger partial charge in [0.15, 0.2) is 0 Å². The maximum absolute atomic E-state index is 12.5. The van der Waals surface area contributed by atoms with Crippen LogP contribution in [-0.2, 0) is 5.54 Å². The van der Waals surface area contributed by atoms with E-state index in [0.29, 0.717) is 5.56 Å². The van der Waals surface area contributed by atoms with Crippen LogP contribution in [0.1, 0.15) is 18.4 Å². The first kappa shape index (κ1) is 7.73. The van der Waals surface area contributed by atoms with E-state index in [4.69, 9.17) is 10.2 Å². The van der Waals surface area contributed by atoms with Crippen molar-refractivity contribution in [3.05, 3.63) is 24.2 Å². The van der Waals surface area contributed by atoms with Crippen LogP contribution in [0.25, 0.3) is 0 Å². The minimum absolute atomic E-state index is 0.278. The van der Waals surface area contributed by atoms with Crippen LogP contribution >= 0.6 is 0 Å². The lowest BCUT2D eigenvalue weighted by atomic mass is 9.71. The molecule has 1 heterocycles. The maximum Gasteiger partial charge on any atom is 0.252 e. The topological polar surface area (TPSA) is 39.2 Å². The molecule has 66 valence electrons. The summed E-state index contributed by atoms with van der Waals surface area (Å²) in [6.45, 7) is 0. The summed E-state index contributed by atoms with van der Waals surface area (Å²) in [5.74, 6) is -2.59. The first-order valence-corrected chi connectivity index (χ1v) is 3.71. The number of rotatable bonds is 1. The average Bonchev–Trinajstić information content (AvgIpc) is 2.31. The van der Waals surface area contributed by atoms with Crippen LogP contribution in [0.2, 0.25) is 0 Å². The number of alkyl halides is 2. The zero-order valence-electron chi connectivity index (χ0n) is 6.39. The summed E-state index contributed by atoms with van der Waals surface area (Å²) in [5, 5.41) is 0. The highest BCUT2D eigenvalue weighted by Crippen LogP contribution is 2.49. The predicted octanol–water partition coefficient (Wildman–Crippen LogP) is 1.86. The molecule has 1 aromatic rings. The first-order chi connectivity index (χ1) is 5.52. The Kier molecular flexibility index (Phi) is 1.33. The van der Waals surface area contributed by atoms with Gasteiger partial charge in [0.25, 0.3) is 5.92 Å². The Balaban J connectivity index is 2.18. The Labute approximate surface area is 68.4 Å². The summed E-state index contributed by atoms with van der Waals surface area (Å²) >= 11 is 0. The van der Waals surface area contributed by atoms with Gasteiger partial charge < -0.3 is 10.2 Å². The molecule has 0 aliphatic heterocycles. The molecule has 0 saturated heterocycles. The van der Waals surface area contributed by atoms with E-state index in [-0.39, 0.29) is 12.8 Å². The van der Waals surface area contributed by atoms with E-state index in [1.807, 2.05) is 0 Å². The summed E-state index contributed by atoms with van der Waals surface area (Å²) in [7, 11) is 0. The molecule has 1 aromatic heterocycles. The predicted molar refractivity (Wildman–Crippen MR) is 38.8 cm³/mol. The van der Waals surface area contributed by atoms with Crippen molar-refractivity contribution in [1.82, 2.24) is 0 Å². The number of nitrogens with two attached hydrogens (primary N) is 1. The van der Waals surface area contributed by atoms with Crippen molar-refractivity contribution in [3.8, 4) is 0 Å². The number of hydrogen-bond donors (Lipinski definition) is 1. The van der Waals surface area contributed by atoms with Crippen molar-refractivity contribution in [1.29, 1.82) is 0 Å². The summed E-state index contributed by atoms with van der Waals surface area (Å²) in [4.78, 5) is 0. The van der Waals surface area contributed by atoms with E-state index in [1.54, 1.807) is 6.07 Å². The Morgan fingerprint density at radius 2 is 2.08 bits per heavy atom. The standard InChI is InChI=1S/C8H9F2NO/c9-8(10)4-7(11,5-8)6-1-2-12-3-6/h1-3H,4-5,11H2. The lowest BCUT2D eigenvalue weighted by molar-refractivity contribution is -0.125. The minimum Gasteiger partial charge on any atom is -0.472 e. The maximum atomic E-state index is 12.5. The lowest BCUT2D eigenvalue weighted by Crippen LogP contribution is -2.55. The molecule has 1 fully saturated rings. The van der Waals surface area contributed by atoms with Crippen LogP contribution in [0.5, 0.6) is 0 Å². The van der Waals surface area contributed by atoms with Gasteiger partial charge in [-0.1, -0.05) is 0 Å². The molecule has 0 aromatic carbocycles. The fraction of sp³-hybridized carbons (Fsp3) is 0.500. The van der Waals surface area contributed by atoms with Crippen LogP contribution in [0, 0.1) is 0 Å². The van der Waals surface area contributed by atoms with Crippen LogP contribution in [-0.4, -0.2) is 5.92 Å². The fourth-order valence-corrected chi connectivity index (χ4v) is 1.62. The van der Waals surface area contributed by atoms with Crippen molar-refractivity contribution in [2.45, 2.75) is 24.3 Å². The molecule has 2 nitrogen and oxygen atoms in total. The quantitative estimate of drug-likeness (QED) is 0.704. The first-order valence-electron chi connectivity index (χ1n) is 3.71. The second-order valence-corrected chi connectivity index (χ2v) is 3.38. The van der Waals surface area contributed by atoms with Gasteiger partial charge in [-0.25, -0.2) is 8.78 Å². The van der Waals surface area contributed by atoms with Crippen LogP contribution in [0.3, 0.4) is 0 Å². The molecule has 0 radical (unpaired) electrons. The monoisotopic (exact) mass is 173 g/mol. The largest absolute Gasteiger partial charge is 0.472 e. The van der Waals surface area contributed by atoms with Gasteiger partial charge in [-0.2, -0.15) is 0 Å². The summed E-state index contributed by atoms with van der Waals surface area (Å²) in [5.41, 5.74) is 5.50. The lowest BCUT2D eigenvalue weighted by Gasteiger charge is -2.43. The minimum atomic E-state index is -2.59. The number of halogens is 2. The SMILES string of the molecule is NC1(c2ccoc2)CC(F)(F)C1.